The number of ether oxygens (including phenoxy) is 3. The first kappa shape index (κ1) is 18.0. The Morgan fingerprint density at radius 2 is 2.00 bits per heavy atom. The van der Waals surface area contributed by atoms with Gasteiger partial charge in [-0.1, -0.05) is 6.07 Å². The van der Waals surface area contributed by atoms with Crippen LogP contribution >= 0.6 is 0 Å². The molecule has 9 heteroatoms. The predicted molar refractivity (Wildman–Crippen MR) is 90.5 cm³/mol. The minimum absolute atomic E-state index is 0.0720. The van der Waals surface area contributed by atoms with Crippen molar-refractivity contribution in [3.8, 4) is 11.5 Å². The third kappa shape index (κ3) is 3.88. The van der Waals surface area contributed by atoms with E-state index in [1.807, 2.05) is 0 Å². The lowest BCUT2D eigenvalue weighted by atomic mass is 10.1. The van der Waals surface area contributed by atoms with Gasteiger partial charge in [0.1, 0.15) is 13.2 Å². The minimum atomic E-state index is -3.37. The molecule has 3 rings (SSSR count). The number of benzene rings is 1. The molecule has 0 aromatic heterocycles. The van der Waals surface area contributed by atoms with E-state index in [1.165, 1.54) is 18.4 Å². The van der Waals surface area contributed by atoms with Crippen LogP contribution in [-0.4, -0.2) is 70.9 Å². The molecule has 1 saturated heterocycles. The summed E-state index contributed by atoms with van der Waals surface area (Å²) in [5.74, 6) is 0.256. The van der Waals surface area contributed by atoms with E-state index >= 15 is 0 Å². The molecule has 138 valence electrons. The fourth-order valence-corrected chi connectivity index (χ4v) is 4.01. The van der Waals surface area contributed by atoms with Crippen molar-refractivity contribution in [2.24, 2.45) is 5.92 Å². The van der Waals surface area contributed by atoms with Crippen LogP contribution in [0.4, 0.5) is 0 Å². The second-order valence-electron chi connectivity index (χ2n) is 6.27. The molecule has 1 aromatic carbocycles. The molecule has 8 nitrogen and oxygen atoms in total. The molecule has 25 heavy (non-hydrogen) atoms. The number of para-hydroxylation sites is 1. The number of rotatable bonds is 5. The summed E-state index contributed by atoms with van der Waals surface area (Å²) in [6.45, 7) is 1.41. The van der Waals surface area contributed by atoms with Crippen LogP contribution in [-0.2, 0) is 14.8 Å². The summed E-state index contributed by atoms with van der Waals surface area (Å²) in [6.07, 6.45) is 0. The largest absolute Gasteiger partial charge is 0.486 e. The van der Waals surface area contributed by atoms with Crippen LogP contribution in [0.3, 0.4) is 0 Å². The fourth-order valence-electron chi connectivity index (χ4n) is 2.84. The number of sulfonamides is 1. The average Bonchev–Trinajstić information content (AvgIpc) is 3.00. The average molecular weight is 370 g/mol. The molecule has 2 aliphatic rings. The van der Waals surface area contributed by atoms with Crippen LogP contribution in [0.25, 0.3) is 0 Å². The maximum Gasteiger partial charge on any atom is 0.255 e. The van der Waals surface area contributed by atoms with E-state index in [0.29, 0.717) is 36.9 Å². The van der Waals surface area contributed by atoms with Crippen LogP contribution in [0.5, 0.6) is 11.5 Å². The smallest absolute Gasteiger partial charge is 0.255 e. The van der Waals surface area contributed by atoms with Gasteiger partial charge in [-0.25, -0.2) is 12.7 Å². The summed E-state index contributed by atoms with van der Waals surface area (Å²) >= 11 is 0. The van der Waals surface area contributed by atoms with E-state index in [-0.39, 0.29) is 30.2 Å². The normalized spacial score (nSPS) is 22.8. The summed E-state index contributed by atoms with van der Waals surface area (Å²) in [7, 11) is -0.387. The Labute approximate surface area is 147 Å². The monoisotopic (exact) mass is 370 g/mol. The Balaban J connectivity index is 1.72. The van der Waals surface area contributed by atoms with Gasteiger partial charge in [0.2, 0.25) is 10.0 Å². The lowest BCUT2D eigenvalue weighted by molar-refractivity contribution is 0.0915. The van der Waals surface area contributed by atoms with Gasteiger partial charge in [-0.15, -0.1) is 0 Å². The van der Waals surface area contributed by atoms with Gasteiger partial charge in [-0.3, -0.25) is 4.79 Å². The molecule has 2 heterocycles. The van der Waals surface area contributed by atoms with Crippen LogP contribution in [0.15, 0.2) is 18.2 Å². The molecule has 1 N–H and O–H groups in total. The molecule has 0 radical (unpaired) electrons. The highest BCUT2D eigenvalue weighted by molar-refractivity contribution is 7.89. The van der Waals surface area contributed by atoms with Crippen LogP contribution in [0.2, 0.25) is 0 Å². The molecule has 0 saturated carbocycles. The van der Waals surface area contributed by atoms with Gasteiger partial charge in [-0.2, -0.15) is 0 Å². The fraction of sp³-hybridized carbons (Fsp3) is 0.562. The minimum Gasteiger partial charge on any atom is -0.486 e. The molecule has 2 aliphatic heterocycles. The van der Waals surface area contributed by atoms with E-state index in [4.69, 9.17) is 14.2 Å². The second kappa shape index (κ2) is 7.19. The number of hydrogen-bond acceptors (Lipinski definition) is 6. The summed E-state index contributed by atoms with van der Waals surface area (Å²) < 4.78 is 41.8. The highest BCUT2D eigenvalue weighted by Gasteiger charge is 2.35. The van der Waals surface area contributed by atoms with Crippen LogP contribution in [0.1, 0.15) is 10.4 Å². The van der Waals surface area contributed by atoms with Gasteiger partial charge >= 0.3 is 0 Å². The number of nitrogens with zero attached hydrogens (tertiary/aromatic N) is 1. The molecule has 1 aromatic rings. The Morgan fingerprint density at radius 3 is 2.76 bits per heavy atom. The number of carbonyl (C=O) groups excluding carboxylic acids is 1. The van der Waals surface area contributed by atoms with E-state index in [2.05, 4.69) is 5.32 Å². The van der Waals surface area contributed by atoms with Crippen LogP contribution < -0.4 is 14.8 Å². The lowest BCUT2D eigenvalue weighted by Gasteiger charge is -2.23. The molecule has 0 aliphatic carbocycles. The summed E-state index contributed by atoms with van der Waals surface area (Å²) in [4.78, 5) is 12.7. The highest BCUT2D eigenvalue weighted by atomic mass is 32.2. The third-order valence-electron chi connectivity index (χ3n) is 4.31. The van der Waals surface area contributed by atoms with Gasteiger partial charge < -0.3 is 19.5 Å². The van der Waals surface area contributed by atoms with Crippen LogP contribution in [0, 0.1) is 5.92 Å². The van der Waals surface area contributed by atoms with Crippen molar-refractivity contribution in [2.45, 2.75) is 6.04 Å². The molecule has 0 spiro atoms. The van der Waals surface area contributed by atoms with E-state index in [0.717, 1.165) is 0 Å². The summed E-state index contributed by atoms with van der Waals surface area (Å²) in [6, 6.07) is 4.75. The first-order valence-electron chi connectivity index (χ1n) is 8.06. The van der Waals surface area contributed by atoms with Crippen molar-refractivity contribution < 1.29 is 27.4 Å². The molecule has 2 atom stereocenters. The quantitative estimate of drug-likeness (QED) is 0.790. The van der Waals surface area contributed by atoms with Gasteiger partial charge in [0, 0.05) is 20.0 Å². The Bertz CT molecular complexity index is 749. The Hall–Kier alpha value is -1.84. The number of amides is 1. The maximum absolute atomic E-state index is 12.7. The van der Waals surface area contributed by atoms with Crippen molar-refractivity contribution in [2.75, 3.05) is 46.3 Å². The van der Waals surface area contributed by atoms with Gasteiger partial charge in [-0.05, 0) is 12.1 Å². The highest BCUT2D eigenvalue weighted by Crippen LogP contribution is 2.33. The zero-order chi connectivity index (χ0) is 18.0. The number of hydrogen-bond donors (Lipinski definition) is 1. The summed E-state index contributed by atoms with van der Waals surface area (Å²) in [5, 5.41) is 2.87. The first-order chi connectivity index (χ1) is 11.9. The topological polar surface area (TPSA) is 94.2 Å². The Kier molecular flexibility index (Phi) is 5.16. The Morgan fingerprint density at radius 1 is 1.24 bits per heavy atom. The first-order valence-corrected chi connectivity index (χ1v) is 9.67. The van der Waals surface area contributed by atoms with Crippen molar-refractivity contribution in [1.82, 2.24) is 9.62 Å². The summed E-state index contributed by atoms with van der Waals surface area (Å²) in [5.41, 5.74) is 0.373. The van der Waals surface area contributed by atoms with Crippen molar-refractivity contribution in [3.05, 3.63) is 23.8 Å². The van der Waals surface area contributed by atoms with Gasteiger partial charge in [0.25, 0.3) is 5.91 Å². The second-order valence-corrected chi connectivity index (χ2v) is 8.50. The van der Waals surface area contributed by atoms with E-state index in [9.17, 15) is 13.2 Å². The predicted octanol–water partition coefficient (Wildman–Crippen LogP) is 0.0940. The zero-order valence-corrected chi connectivity index (χ0v) is 15.0. The molecule has 0 bridgehead atoms. The van der Waals surface area contributed by atoms with E-state index < -0.39 is 10.0 Å². The van der Waals surface area contributed by atoms with Crippen molar-refractivity contribution in [3.63, 3.8) is 0 Å². The number of nitrogens with one attached hydrogen (secondary N) is 1. The van der Waals surface area contributed by atoms with E-state index in [1.54, 1.807) is 18.2 Å². The number of fused-ring (bicyclic) bond motifs is 1. The van der Waals surface area contributed by atoms with Gasteiger partial charge in [0.15, 0.2) is 11.5 Å². The molecule has 0 unspecified atom stereocenters. The zero-order valence-electron chi connectivity index (χ0n) is 14.2. The molecular weight excluding hydrogens is 348 g/mol. The van der Waals surface area contributed by atoms with Crippen molar-refractivity contribution >= 4 is 15.9 Å². The maximum atomic E-state index is 12.7. The third-order valence-corrected chi connectivity index (χ3v) is 6.27. The van der Waals surface area contributed by atoms with Crippen molar-refractivity contribution in [1.29, 1.82) is 0 Å². The molecular formula is C16H22N2O6S. The van der Waals surface area contributed by atoms with Gasteiger partial charge in [0.05, 0.1) is 30.6 Å². The lowest BCUT2D eigenvalue weighted by Crippen LogP contribution is -2.43. The SMILES string of the molecule is CN(C)S(=O)(=O)C[C@@H]1COC[C@@H]1NC(=O)c1cccc2c1OCCO2. The molecule has 1 fully saturated rings. The number of carbonyl (C=O) groups is 1. The standard InChI is InChI=1S/C16H22N2O6S/c1-18(2)25(20,21)10-11-8-22-9-13(11)17-16(19)12-4-3-5-14-15(12)24-7-6-23-14/h3-5,11,13H,6-10H2,1-2H3,(H,17,19)/t11-,13-/m0/s1. The molecule has 1 amide bonds.